The molecule has 1 fully saturated rings. The molecule has 2 heterocycles. The minimum Gasteiger partial charge on any atom is -0.371 e. The molecule has 0 spiro atoms. The number of carbonyl (C=O) groups is 1. The van der Waals surface area contributed by atoms with Crippen LogP contribution in [0.1, 0.15) is 49.2 Å². The fourth-order valence-corrected chi connectivity index (χ4v) is 3.12. The van der Waals surface area contributed by atoms with Crippen molar-refractivity contribution < 1.29 is 9.53 Å². The first-order valence-corrected chi connectivity index (χ1v) is 8.80. The normalized spacial score (nSPS) is 19.4. The quantitative estimate of drug-likeness (QED) is 0.925. The van der Waals surface area contributed by atoms with E-state index in [0.29, 0.717) is 12.1 Å². The maximum atomic E-state index is 12.3. The van der Waals surface area contributed by atoms with Crippen molar-refractivity contribution in [3.63, 3.8) is 0 Å². The Morgan fingerprint density at radius 1 is 1.20 bits per heavy atom. The van der Waals surface area contributed by atoms with E-state index in [0.717, 1.165) is 36.2 Å². The second-order valence-corrected chi connectivity index (χ2v) is 7.24. The number of nitrogens with one attached hydrogen (secondary N) is 1. The van der Waals surface area contributed by atoms with Crippen LogP contribution in [0.25, 0.3) is 11.3 Å². The molecule has 1 atom stereocenters. The van der Waals surface area contributed by atoms with Gasteiger partial charge in [-0.2, -0.15) is 10.2 Å². The summed E-state index contributed by atoms with van der Waals surface area (Å²) in [5, 5.41) is 11.2. The van der Waals surface area contributed by atoms with Crippen LogP contribution in [0, 0.1) is 6.92 Å². The van der Waals surface area contributed by atoms with E-state index < -0.39 is 0 Å². The minimum atomic E-state index is -0.0929. The van der Waals surface area contributed by atoms with Crippen LogP contribution in [0.4, 0.5) is 0 Å². The number of ether oxygens (including phenoxy) is 1. The second-order valence-electron chi connectivity index (χ2n) is 7.24. The van der Waals surface area contributed by atoms with Crippen LogP contribution in [-0.4, -0.2) is 34.4 Å². The number of amides is 1. The van der Waals surface area contributed by atoms with Gasteiger partial charge in [0.1, 0.15) is 0 Å². The van der Waals surface area contributed by atoms with E-state index in [2.05, 4.69) is 29.4 Å². The predicted molar refractivity (Wildman–Crippen MR) is 97.3 cm³/mol. The van der Waals surface area contributed by atoms with E-state index in [4.69, 9.17) is 4.74 Å². The topological polar surface area (TPSA) is 64.1 Å². The van der Waals surface area contributed by atoms with Gasteiger partial charge in [-0.15, -0.1) is 0 Å². The Bertz CT molecular complexity index is 724. The van der Waals surface area contributed by atoms with Crippen LogP contribution >= 0.6 is 0 Å². The molecule has 1 aromatic carbocycles. The number of benzene rings is 1. The first-order chi connectivity index (χ1) is 11.9. The summed E-state index contributed by atoms with van der Waals surface area (Å²) in [4.78, 5) is 12.3. The number of rotatable bonds is 4. The summed E-state index contributed by atoms with van der Waals surface area (Å²) in [6.07, 6.45) is 3.30. The van der Waals surface area contributed by atoms with Gasteiger partial charge in [0.25, 0.3) is 5.91 Å². The fourth-order valence-electron chi connectivity index (χ4n) is 3.12. The highest BCUT2D eigenvalue weighted by molar-refractivity contribution is 5.94. The molecule has 5 heteroatoms. The Morgan fingerprint density at radius 3 is 2.60 bits per heavy atom. The van der Waals surface area contributed by atoms with Crippen molar-refractivity contribution >= 4 is 5.91 Å². The number of hydrogen-bond donors (Lipinski definition) is 1. The maximum Gasteiger partial charge on any atom is 0.251 e. The van der Waals surface area contributed by atoms with Crippen molar-refractivity contribution in [2.75, 3.05) is 6.54 Å². The van der Waals surface area contributed by atoms with Gasteiger partial charge < -0.3 is 10.1 Å². The lowest BCUT2D eigenvalue weighted by atomic mass is 9.95. The first-order valence-electron chi connectivity index (χ1n) is 8.80. The van der Waals surface area contributed by atoms with Crippen LogP contribution in [0.2, 0.25) is 0 Å². The Hall–Kier alpha value is -2.27. The molecule has 5 nitrogen and oxygen atoms in total. The highest BCUT2D eigenvalue weighted by Gasteiger charge is 2.28. The molecule has 3 rings (SSSR count). The van der Waals surface area contributed by atoms with Crippen LogP contribution in [0.15, 0.2) is 36.4 Å². The first kappa shape index (κ1) is 17.5. The monoisotopic (exact) mass is 339 g/mol. The number of aromatic nitrogens is 2. The van der Waals surface area contributed by atoms with E-state index >= 15 is 0 Å². The minimum absolute atomic E-state index is 0.0754. The van der Waals surface area contributed by atoms with Crippen LogP contribution < -0.4 is 5.32 Å². The number of hydrogen-bond acceptors (Lipinski definition) is 4. The third-order valence-electron chi connectivity index (χ3n) is 4.52. The second kappa shape index (κ2) is 7.31. The van der Waals surface area contributed by atoms with Gasteiger partial charge >= 0.3 is 0 Å². The molecule has 1 unspecified atom stereocenters. The summed E-state index contributed by atoms with van der Waals surface area (Å²) < 4.78 is 6.02. The molecule has 0 bridgehead atoms. The van der Waals surface area contributed by atoms with Gasteiger partial charge in [-0.1, -0.05) is 12.1 Å². The summed E-state index contributed by atoms with van der Waals surface area (Å²) >= 11 is 0. The lowest BCUT2D eigenvalue weighted by Crippen LogP contribution is -2.42. The molecule has 25 heavy (non-hydrogen) atoms. The smallest absolute Gasteiger partial charge is 0.251 e. The summed E-state index contributed by atoms with van der Waals surface area (Å²) in [5.41, 5.74) is 3.17. The van der Waals surface area contributed by atoms with Crippen LogP contribution in [0.3, 0.4) is 0 Å². The SMILES string of the molecule is Cc1ccc(-c2ccc(C(=O)NCC3CCCC(C)(C)O3)cc2)nn1. The Kier molecular flexibility index (Phi) is 5.13. The third kappa shape index (κ3) is 4.63. The number of carbonyl (C=O) groups excluding carboxylic acids is 1. The third-order valence-corrected chi connectivity index (χ3v) is 4.52. The van der Waals surface area contributed by atoms with Crippen molar-refractivity contribution in [3.05, 3.63) is 47.7 Å². The van der Waals surface area contributed by atoms with Crippen molar-refractivity contribution in [2.24, 2.45) is 0 Å². The molecule has 0 aliphatic carbocycles. The zero-order valence-corrected chi connectivity index (χ0v) is 15.1. The molecule has 2 aromatic rings. The van der Waals surface area contributed by atoms with Gasteiger partial charge in [-0.25, -0.2) is 0 Å². The van der Waals surface area contributed by atoms with Gasteiger partial charge in [0.15, 0.2) is 0 Å². The Labute approximate surface area is 148 Å². The van der Waals surface area contributed by atoms with Gasteiger partial charge in [0, 0.05) is 17.7 Å². The summed E-state index contributed by atoms with van der Waals surface area (Å²) in [5.74, 6) is -0.0754. The van der Waals surface area contributed by atoms with Crippen LogP contribution in [0.5, 0.6) is 0 Å². The average Bonchev–Trinajstić information content (AvgIpc) is 2.60. The molecular weight excluding hydrogens is 314 g/mol. The molecule has 1 aliphatic rings. The largest absolute Gasteiger partial charge is 0.371 e. The van der Waals surface area contributed by atoms with Gasteiger partial charge in [0.05, 0.1) is 23.1 Å². The molecule has 1 aliphatic heterocycles. The van der Waals surface area contributed by atoms with E-state index in [-0.39, 0.29) is 17.6 Å². The van der Waals surface area contributed by atoms with Crippen molar-refractivity contribution in [1.29, 1.82) is 0 Å². The number of aryl methyl sites for hydroxylation is 1. The van der Waals surface area contributed by atoms with E-state index in [9.17, 15) is 4.79 Å². The lowest BCUT2D eigenvalue weighted by molar-refractivity contribution is -0.104. The summed E-state index contributed by atoms with van der Waals surface area (Å²) in [6.45, 7) is 6.66. The molecule has 0 radical (unpaired) electrons. The lowest BCUT2D eigenvalue weighted by Gasteiger charge is -2.36. The molecule has 132 valence electrons. The number of nitrogens with zero attached hydrogens (tertiary/aromatic N) is 2. The van der Waals surface area contributed by atoms with Gasteiger partial charge in [-0.05, 0) is 64.3 Å². The molecule has 1 N–H and O–H groups in total. The van der Waals surface area contributed by atoms with E-state index in [1.54, 1.807) is 0 Å². The van der Waals surface area contributed by atoms with Gasteiger partial charge in [-0.3, -0.25) is 4.79 Å². The van der Waals surface area contributed by atoms with E-state index in [1.165, 1.54) is 0 Å². The van der Waals surface area contributed by atoms with Crippen LogP contribution in [-0.2, 0) is 4.74 Å². The van der Waals surface area contributed by atoms with Crippen molar-refractivity contribution in [3.8, 4) is 11.3 Å². The Morgan fingerprint density at radius 2 is 1.96 bits per heavy atom. The standard InChI is InChI=1S/C20H25N3O2/c1-14-6-11-18(23-22-14)15-7-9-16(10-8-15)19(24)21-13-17-5-4-12-20(2,3)25-17/h6-11,17H,4-5,12-13H2,1-3H3,(H,21,24). The highest BCUT2D eigenvalue weighted by atomic mass is 16.5. The maximum absolute atomic E-state index is 12.3. The molecular formula is C20H25N3O2. The van der Waals surface area contributed by atoms with Crippen molar-refractivity contribution in [1.82, 2.24) is 15.5 Å². The Balaban J connectivity index is 1.58. The highest BCUT2D eigenvalue weighted by Crippen LogP contribution is 2.27. The molecule has 1 saturated heterocycles. The average molecular weight is 339 g/mol. The fraction of sp³-hybridized carbons (Fsp3) is 0.450. The van der Waals surface area contributed by atoms with Crippen molar-refractivity contribution in [2.45, 2.75) is 51.7 Å². The summed E-state index contributed by atoms with van der Waals surface area (Å²) in [7, 11) is 0. The van der Waals surface area contributed by atoms with E-state index in [1.807, 2.05) is 43.3 Å². The molecule has 1 aromatic heterocycles. The zero-order chi connectivity index (χ0) is 17.9. The summed E-state index contributed by atoms with van der Waals surface area (Å²) in [6, 6.07) is 11.3. The van der Waals surface area contributed by atoms with Gasteiger partial charge in [0.2, 0.25) is 0 Å². The molecule has 1 amide bonds. The molecule has 0 saturated carbocycles. The predicted octanol–water partition coefficient (Wildman–Crippen LogP) is 3.53. The zero-order valence-electron chi connectivity index (χ0n) is 15.1.